The van der Waals surface area contributed by atoms with Crippen molar-refractivity contribution in [1.29, 1.82) is 0 Å². The highest BCUT2D eigenvalue weighted by Gasteiger charge is 2.29. The molecule has 1 aromatic heterocycles. The zero-order valence-corrected chi connectivity index (χ0v) is 13.2. The second-order valence-corrected chi connectivity index (χ2v) is 6.94. The highest BCUT2D eigenvalue weighted by molar-refractivity contribution is 7.11. The molecule has 2 rings (SSSR count). The molecule has 2 atom stereocenters. The van der Waals surface area contributed by atoms with Crippen molar-refractivity contribution in [2.45, 2.75) is 45.1 Å². The summed E-state index contributed by atoms with van der Waals surface area (Å²) in [4.78, 5) is 17.3. The SMILES string of the molecule is Cc1cnc([C@H](C)CNC(=O)NC[C@]2(C)CCCO2)s1. The molecule has 1 aliphatic heterocycles. The Hall–Kier alpha value is -1.14. The fourth-order valence-corrected chi connectivity index (χ4v) is 3.06. The molecule has 0 saturated carbocycles. The number of hydrogen-bond donors (Lipinski definition) is 2. The van der Waals surface area contributed by atoms with Gasteiger partial charge in [0.15, 0.2) is 0 Å². The van der Waals surface area contributed by atoms with Crippen LogP contribution in [-0.2, 0) is 4.74 Å². The van der Waals surface area contributed by atoms with E-state index in [1.807, 2.05) is 20.0 Å². The van der Waals surface area contributed by atoms with Crippen molar-refractivity contribution in [2.75, 3.05) is 19.7 Å². The first-order chi connectivity index (χ1) is 9.48. The van der Waals surface area contributed by atoms with Gasteiger partial charge in [0.1, 0.15) is 0 Å². The molecule has 0 unspecified atom stereocenters. The molecule has 20 heavy (non-hydrogen) atoms. The van der Waals surface area contributed by atoms with Gasteiger partial charge < -0.3 is 15.4 Å². The van der Waals surface area contributed by atoms with Gasteiger partial charge in [-0.2, -0.15) is 0 Å². The van der Waals surface area contributed by atoms with Crippen LogP contribution in [0.3, 0.4) is 0 Å². The Morgan fingerprint density at radius 2 is 2.40 bits per heavy atom. The Labute approximate surface area is 124 Å². The number of amides is 2. The predicted octanol–water partition coefficient (Wildman–Crippen LogP) is 2.42. The minimum atomic E-state index is -0.199. The van der Waals surface area contributed by atoms with Gasteiger partial charge in [-0.1, -0.05) is 6.92 Å². The Morgan fingerprint density at radius 1 is 1.60 bits per heavy atom. The van der Waals surface area contributed by atoms with E-state index in [9.17, 15) is 4.79 Å². The summed E-state index contributed by atoms with van der Waals surface area (Å²) in [6.07, 6.45) is 3.94. The quantitative estimate of drug-likeness (QED) is 0.877. The lowest BCUT2D eigenvalue weighted by atomic mass is 10.0. The standard InChI is InChI=1S/C14H23N3O2S/c1-10(12-15-8-11(2)20-12)7-16-13(18)17-9-14(3)5-4-6-19-14/h8,10H,4-7,9H2,1-3H3,(H2,16,17,18)/t10-,14+/m1/s1. The third kappa shape index (κ3) is 4.18. The number of carbonyl (C=O) groups excluding carboxylic acids is 1. The number of carbonyl (C=O) groups is 1. The summed E-state index contributed by atoms with van der Waals surface area (Å²) < 4.78 is 5.64. The molecule has 5 nitrogen and oxygen atoms in total. The maximum absolute atomic E-state index is 11.8. The number of ether oxygens (including phenoxy) is 1. The molecule has 0 bridgehead atoms. The molecule has 2 N–H and O–H groups in total. The van der Waals surface area contributed by atoms with E-state index in [-0.39, 0.29) is 17.6 Å². The van der Waals surface area contributed by atoms with Crippen molar-refractivity contribution >= 4 is 17.4 Å². The molecular weight excluding hydrogens is 274 g/mol. The maximum Gasteiger partial charge on any atom is 0.314 e. The van der Waals surface area contributed by atoms with Crippen LogP contribution in [0.1, 0.15) is 42.5 Å². The van der Waals surface area contributed by atoms with Gasteiger partial charge in [-0.05, 0) is 26.7 Å². The van der Waals surface area contributed by atoms with E-state index < -0.39 is 0 Å². The third-order valence-corrected chi connectivity index (χ3v) is 4.70. The van der Waals surface area contributed by atoms with Crippen LogP contribution < -0.4 is 10.6 Å². The first-order valence-electron chi connectivity index (χ1n) is 7.06. The molecule has 1 fully saturated rings. The largest absolute Gasteiger partial charge is 0.373 e. The number of aryl methyl sites for hydroxylation is 1. The average Bonchev–Trinajstić information content (AvgIpc) is 3.03. The summed E-state index contributed by atoms with van der Waals surface area (Å²) in [5.74, 6) is 0.234. The topological polar surface area (TPSA) is 63.2 Å². The maximum atomic E-state index is 11.8. The first kappa shape index (κ1) is 15.3. The second-order valence-electron chi connectivity index (χ2n) is 5.68. The number of nitrogens with zero attached hydrogens (tertiary/aromatic N) is 1. The molecule has 2 amide bonds. The molecule has 0 aromatic carbocycles. The molecule has 0 aliphatic carbocycles. The molecule has 1 aliphatic rings. The van der Waals surface area contributed by atoms with Crippen molar-refractivity contribution < 1.29 is 9.53 Å². The van der Waals surface area contributed by atoms with E-state index in [1.165, 1.54) is 4.88 Å². The van der Waals surface area contributed by atoms with Crippen LogP contribution in [0.25, 0.3) is 0 Å². The van der Waals surface area contributed by atoms with Crippen LogP contribution in [0.15, 0.2) is 6.20 Å². The molecule has 0 radical (unpaired) electrons. The van der Waals surface area contributed by atoms with Crippen LogP contribution in [0.5, 0.6) is 0 Å². The summed E-state index contributed by atoms with van der Waals surface area (Å²) in [7, 11) is 0. The minimum Gasteiger partial charge on any atom is -0.373 e. The number of urea groups is 1. The van der Waals surface area contributed by atoms with Crippen LogP contribution in [-0.4, -0.2) is 36.3 Å². The summed E-state index contributed by atoms with van der Waals surface area (Å²) in [5.41, 5.74) is -0.199. The lowest BCUT2D eigenvalue weighted by Gasteiger charge is -2.23. The summed E-state index contributed by atoms with van der Waals surface area (Å²) in [6.45, 7) is 8.09. The van der Waals surface area contributed by atoms with Crippen molar-refractivity contribution in [3.05, 3.63) is 16.1 Å². The summed E-state index contributed by atoms with van der Waals surface area (Å²) >= 11 is 1.68. The summed E-state index contributed by atoms with van der Waals surface area (Å²) in [5, 5.41) is 6.84. The predicted molar refractivity (Wildman–Crippen MR) is 80.3 cm³/mol. The van der Waals surface area contributed by atoms with Gasteiger partial charge in [0.25, 0.3) is 0 Å². The van der Waals surface area contributed by atoms with E-state index in [1.54, 1.807) is 11.3 Å². The highest BCUT2D eigenvalue weighted by Crippen LogP contribution is 2.24. The number of aromatic nitrogens is 1. The molecule has 2 heterocycles. The van der Waals surface area contributed by atoms with Crippen LogP contribution in [0.4, 0.5) is 4.79 Å². The van der Waals surface area contributed by atoms with Gasteiger partial charge in [-0.25, -0.2) is 9.78 Å². The molecular formula is C14H23N3O2S. The molecule has 1 saturated heterocycles. The number of nitrogens with one attached hydrogen (secondary N) is 2. The fourth-order valence-electron chi connectivity index (χ4n) is 2.24. The Bertz CT molecular complexity index is 455. The number of rotatable bonds is 5. The minimum absolute atomic E-state index is 0.137. The monoisotopic (exact) mass is 297 g/mol. The lowest BCUT2D eigenvalue weighted by Crippen LogP contribution is -2.45. The zero-order chi connectivity index (χ0) is 14.6. The van der Waals surface area contributed by atoms with Crippen LogP contribution in [0.2, 0.25) is 0 Å². The number of thiazole rings is 1. The highest BCUT2D eigenvalue weighted by atomic mass is 32.1. The van der Waals surface area contributed by atoms with E-state index in [2.05, 4.69) is 22.5 Å². The van der Waals surface area contributed by atoms with Crippen molar-refractivity contribution in [1.82, 2.24) is 15.6 Å². The van der Waals surface area contributed by atoms with E-state index in [0.29, 0.717) is 13.1 Å². The third-order valence-electron chi connectivity index (χ3n) is 3.55. The average molecular weight is 297 g/mol. The molecule has 112 valence electrons. The van der Waals surface area contributed by atoms with Gasteiger partial charge in [-0.3, -0.25) is 0 Å². The van der Waals surface area contributed by atoms with E-state index in [4.69, 9.17) is 4.74 Å². The smallest absolute Gasteiger partial charge is 0.314 e. The van der Waals surface area contributed by atoms with Gasteiger partial charge in [0.05, 0.1) is 10.6 Å². The van der Waals surface area contributed by atoms with Gasteiger partial charge in [0.2, 0.25) is 0 Å². The lowest BCUT2D eigenvalue weighted by molar-refractivity contribution is 0.0229. The molecule has 1 aromatic rings. The normalized spacial score (nSPS) is 23.6. The van der Waals surface area contributed by atoms with Crippen molar-refractivity contribution in [3.63, 3.8) is 0 Å². The summed E-state index contributed by atoms with van der Waals surface area (Å²) in [6, 6.07) is -0.137. The van der Waals surface area contributed by atoms with Gasteiger partial charge in [-0.15, -0.1) is 11.3 Å². The number of hydrogen-bond acceptors (Lipinski definition) is 4. The Kier molecular flexibility index (Phi) is 4.99. The molecule has 0 spiro atoms. The van der Waals surface area contributed by atoms with Crippen LogP contribution in [0, 0.1) is 6.92 Å². The van der Waals surface area contributed by atoms with E-state index in [0.717, 1.165) is 24.5 Å². The van der Waals surface area contributed by atoms with Gasteiger partial charge in [0, 0.05) is 36.7 Å². The van der Waals surface area contributed by atoms with E-state index >= 15 is 0 Å². The van der Waals surface area contributed by atoms with Crippen molar-refractivity contribution in [2.24, 2.45) is 0 Å². The Morgan fingerprint density at radius 3 is 3.00 bits per heavy atom. The van der Waals surface area contributed by atoms with Gasteiger partial charge >= 0.3 is 6.03 Å². The molecule has 6 heteroatoms. The Balaban J connectivity index is 1.69. The first-order valence-corrected chi connectivity index (χ1v) is 7.88. The van der Waals surface area contributed by atoms with Crippen LogP contribution >= 0.6 is 11.3 Å². The second kappa shape index (κ2) is 6.54. The fraction of sp³-hybridized carbons (Fsp3) is 0.714. The van der Waals surface area contributed by atoms with Crippen molar-refractivity contribution in [3.8, 4) is 0 Å². The zero-order valence-electron chi connectivity index (χ0n) is 12.4.